The maximum absolute atomic E-state index is 12.3. The zero-order valence-electron chi connectivity index (χ0n) is 15.0. The highest BCUT2D eigenvalue weighted by Gasteiger charge is 2.10. The van der Waals surface area contributed by atoms with Gasteiger partial charge in [0.1, 0.15) is 0 Å². The van der Waals surface area contributed by atoms with Crippen molar-refractivity contribution < 1.29 is 18.0 Å². The molecular formula is C21H18N2O4S. The van der Waals surface area contributed by atoms with Crippen LogP contribution in [0.5, 0.6) is 0 Å². The van der Waals surface area contributed by atoms with Crippen molar-refractivity contribution in [3.63, 3.8) is 0 Å². The molecule has 0 saturated carbocycles. The molecule has 0 aliphatic rings. The summed E-state index contributed by atoms with van der Waals surface area (Å²) in [6, 6.07) is 21.2. The van der Waals surface area contributed by atoms with Crippen molar-refractivity contribution in [1.82, 2.24) is 0 Å². The quantitative estimate of drug-likeness (QED) is 0.692. The molecule has 7 heteroatoms. The Morgan fingerprint density at radius 2 is 1.07 bits per heavy atom. The Morgan fingerprint density at radius 3 is 1.54 bits per heavy atom. The fraction of sp³-hybridized carbons (Fsp3) is 0.0476. The Kier molecular flexibility index (Phi) is 5.56. The molecule has 0 saturated heterocycles. The van der Waals surface area contributed by atoms with Crippen molar-refractivity contribution in [3.05, 3.63) is 90.0 Å². The van der Waals surface area contributed by atoms with Crippen LogP contribution < -0.4 is 10.6 Å². The minimum Gasteiger partial charge on any atom is -0.322 e. The lowest BCUT2D eigenvalue weighted by molar-refractivity contribution is 0.102. The SMILES string of the molecule is CS(=O)(=O)c1ccc(NC(=O)c2ccc(NC(=O)c3ccccc3)cc2)cc1. The first-order valence-corrected chi connectivity index (χ1v) is 10.3. The first-order chi connectivity index (χ1) is 13.3. The van der Waals surface area contributed by atoms with Crippen LogP contribution in [0.2, 0.25) is 0 Å². The predicted octanol–water partition coefficient (Wildman–Crippen LogP) is 3.59. The van der Waals surface area contributed by atoms with Gasteiger partial charge >= 0.3 is 0 Å². The van der Waals surface area contributed by atoms with Crippen molar-refractivity contribution in [2.75, 3.05) is 16.9 Å². The Hall–Kier alpha value is -3.45. The second kappa shape index (κ2) is 8.06. The number of sulfone groups is 1. The average Bonchev–Trinajstić information content (AvgIpc) is 2.69. The number of hydrogen-bond donors (Lipinski definition) is 2. The molecule has 0 aromatic heterocycles. The third-order valence-electron chi connectivity index (χ3n) is 3.98. The molecule has 0 aliphatic carbocycles. The summed E-state index contributed by atoms with van der Waals surface area (Å²) in [5.41, 5.74) is 2.01. The van der Waals surface area contributed by atoms with E-state index in [4.69, 9.17) is 0 Å². The van der Waals surface area contributed by atoms with E-state index in [9.17, 15) is 18.0 Å². The molecule has 3 rings (SSSR count). The molecule has 0 spiro atoms. The molecular weight excluding hydrogens is 376 g/mol. The second-order valence-corrected chi connectivity index (χ2v) is 8.16. The zero-order valence-corrected chi connectivity index (χ0v) is 15.9. The first kappa shape index (κ1) is 19.3. The van der Waals surface area contributed by atoms with E-state index in [2.05, 4.69) is 10.6 Å². The maximum Gasteiger partial charge on any atom is 0.255 e. The Balaban J connectivity index is 1.64. The van der Waals surface area contributed by atoms with Crippen LogP contribution in [0.4, 0.5) is 11.4 Å². The van der Waals surface area contributed by atoms with Crippen LogP contribution >= 0.6 is 0 Å². The van der Waals surface area contributed by atoms with Gasteiger partial charge in [0.2, 0.25) is 0 Å². The van der Waals surface area contributed by atoms with E-state index in [-0.39, 0.29) is 16.7 Å². The molecule has 28 heavy (non-hydrogen) atoms. The molecule has 0 atom stereocenters. The van der Waals surface area contributed by atoms with Gasteiger partial charge in [0.15, 0.2) is 9.84 Å². The monoisotopic (exact) mass is 394 g/mol. The fourth-order valence-electron chi connectivity index (χ4n) is 2.49. The molecule has 0 fully saturated rings. The normalized spacial score (nSPS) is 10.9. The Labute approximate surface area is 163 Å². The van der Waals surface area contributed by atoms with Crippen LogP contribution in [-0.2, 0) is 9.84 Å². The van der Waals surface area contributed by atoms with E-state index < -0.39 is 9.84 Å². The molecule has 0 aliphatic heterocycles. The van der Waals surface area contributed by atoms with Gasteiger partial charge in [-0.05, 0) is 60.7 Å². The van der Waals surface area contributed by atoms with Gasteiger partial charge in [-0.15, -0.1) is 0 Å². The molecule has 2 amide bonds. The number of rotatable bonds is 5. The number of benzene rings is 3. The zero-order chi connectivity index (χ0) is 20.1. The van der Waals surface area contributed by atoms with E-state index >= 15 is 0 Å². The topological polar surface area (TPSA) is 92.3 Å². The highest BCUT2D eigenvalue weighted by molar-refractivity contribution is 7.90. The molecule has 6 nitrogen and oxygen atoms in total. The lowest BCUT2D eigenvalue weighted by Gasteiger charge is -2.08. The maximum atomic E-state index is 12.3. The summed E-state index contributed by atoms with van der Waals surface area (Å²) in [5.74, 6) is -0.572. The van der Waals surface area contributed by atoms with Gasteiger partial charge in [-0.3, -0.25) is 9.59 Å². The number of carbonyl (C=O) groups excluding carboxylic acids is 2. The van der Waals surface area contributed by atoms with Crippen LogP contribution in [0.1, 0.15) is 20.7 Å². The van der Waals surface area contributed by atoms with Gasteiger partial charge in [0.25, 0.3) is 11.8 Å². The van der Waals surface area contributed by atoms with Gasteiger partial charge < -0.3 is 10.6 Å². The van der Waals surface area contributed by atoms with E-state index in [0.717, 1.165) is 6.26 Å². The number of hydrogen-bond acceptors (Lipinski definition) is 4. The molecule has 3 aromatic carbocycles. The third kappa shape index (κ3) is 4.83. The van der Waals surface area contributed by atoms with Gasteiger partial charge in [-0.1, -0.05) is 18.2 Å². The molecule has 0 heterocycles. The van der Waals surface area contributed by atoms with E-state index in [1.165, 1.54) is 24.3 Å². The summed E-state index contributed by atoms with van der Waals surface area (Å²) in [4.78, 5) is 24.7. The molecule has 0 radical (unpaired) electrons. The summed E-state index contributed by atoms with van der Waals surface area (Å²) in [6.45, 7) is 0. The molecule has 0 unspecified atom stereocenters. The number of amides is 2. The van der Waals surface area contributed by atoms with Crippen molar-refractivity contribution in [3.8, 4) is 0 Å². The van der Waals surface area contributed by atoms with Gasteiger partial charge in [-0.2, -0.15) is 0 Å². The average molecular weight is 394 g/mol. The Bertz CT molecular complexity index is 1090. The van der Waals surface area contributed by atoms with E-state index in [1.54, 1.807) is 48.5 Å². The lowest BCUT2D eigenvalue weighted by Crippen LogP contribution is -2.13. The first-order valence-electron chi connectivity index (χ1n) is 8.41. The smallest absolute Gasteiger partial charge is 0.255 e. The lowest BCUT2D eigenvalue weighted by atomic mass is 10.1. The molecule has 142 valence electrons. The fourth-order valence-corrected chi connectivity index (χ4v) is 3.12. The molecule has 0 bridgehead atoms. The standard InChI is InChI=1S/C21H18N2O4S/c1-28(26,27)19-13-11-18(12-14-19)23-21(25)16-7-9-17(10-8-16)22-20(24)15-5-3-2-4-6-15/h2-14H,1H3,(H,22,24)(H,23,25). The number of nitrogens with one attached hydrogen (secondary N) is 2. The van der Waals surface area contributed by atoms with Gasteiger partial charge in [0.05, 0.1) is 4.90 Å². The predicted molar refractivity (Wildman–Crippen MR) is 108 cm³/mol. The van der Waals surface area contributed by atoms with Crippen LogP contribution in [0.25, 0.3) is 0 Å². The van der Waals surface area contributed by atoms with Crippen molar-refractivity contribution in [2.45, 2.75) is 4.90 Å². The van der Waals surface area contributed by atoms with Crippen LogP contribution in [-0.4, -0.2) is 26.5 Å². The molecule has 2 N–H and O–H groups in total. The summed E-state index contributed by atoms with van der Waals surface area (Å²) in [5, 5.41) is 5.47. The van der Waals surface area contributed by atoms with E-state index in [0.29, 0.717) is 22.5 Å². The summed E-state index contributed by atoms with van der Waals surface area (Å²) in [7, 11) is -3.28. The molecule has 3 aromatic rings. The van der Waals surface area contributed by atoms with Crippen LogP contribution in [0.15, 0.2) is 83.8 Å². The van der Waals surface area contributed by atoms with Crippen molar-refractivity contribution in [1.29, 1.82) is 0 Å². The minimum atomic E-state index is -3.28. The number of carbonyl (C=O) groups is 2. The van der Waals surface area contributed by atoms with Crippen LogP contribution in [0.3, 0.4) is 0 Å². The summed E-state index contributed by atoms with van der Waals surface area (Å²) < 4.78 is 22.9. The Morgan fingerprint density at radius 1 is 0.643 bits per heavy atom. The second-order valence-electron chi connectivity index (χ2n) is 6.15. The van der Waals surface area contributed by atoms with Gasteiger partial charge in [0, 0.05) is 28.8 Å². The largest absolute Gasteiger partial charge is 0.322 e. The number of anilines is 2. The van der Waals surface area contributed by atoms with Crippen LogP contribution in [0, 0.1) is 0 Å². The summed E-state index contributed by atoms with van der Waals surface area (Å²) >= 11 is 0. The third-order valence-corrected chi connectivity index (χ3v) is 5.11. The highest BCUT2D eigenvalue weighted by atomic mass is 32.2. The van der Waals surface area contributed by atoms with Crippen molar-refractivity contribution >= 4 is 33.0 Å². The summed E-state index contributed by atoms with van der Waals surface area (Å²) in [6.07, 6.45) is 1.12. The van der Waals surface area contributed by atoms with Gasteiger partial charge in [-0.25, -0.2) is 8.42 Å². The highest BCUT2D eigenvalue weighted by Crippen LogP contribution is 2.16. The minimum absolute atomic E-state index is 0.184. The van der Waals surface area contributed by atoms with Crippen molar-refractivity contribution in [2.24, 2.45) is 0 Å². The van der Waals surface area contributed by atoms with E-state index in [1.807, 2.05) is 6.07 Å².